The Morgan fingerprint density at radius 2 is 2.17 bits per heavy atom. The molecule has 2 unspecified atom stereocenters. The predicted octanol–water partition coefficient (Wildman–Crippen LogP) is 2.41. The third-order valence-electron chi connectivity index (χ3n) is 4.63. The van der Waals surface area contributed by atoms with Gasteiger partial charge in [-0.1, -0.05) is 12.8 Å². The van der Waals surface area contributed by atoms with Gasteiger partial charge in [-0.2, -0.15) is 0 Å². The molecular formula is C14H24ClNO2. The normalized spacial score (nSPS) is 33.1. The molecule has 104 valence electrons. The van der Waals surface area contributed by atoms with Gasteiger partial charge < -0.3 is 10.0 Å². The standard InChI is InChI=1S/C14H24ClNO2/c1-13(2,10-15)12(17)16-8-7-14(18)6-4-3-5-11(14)9-16/h11,18H,3-10H2,1-2H3. The molecule has 0 radical (unpaired) electrons. The van der Waals surface area contributed by atoms with Crippen LogP contribution in [0, 0.1) is 11.3 Å². The van der Waals surface area contributed by atoms with E-state index in [0.717, 1.165) is 25.7 Å². The number of amides is 1. The van der Waals surface area contributed by atoms with Crippen LogP contribution in [0.15, 0.2) is 0 Å². The number of alkyl halides is 1. The highest BCUT2D eigenvalue weighted by atomic mass is 35.5. The first-order chi connectivity index (χ1) is 8.39. The Morgan fingerprint density at radius 1 is 1.44 bits per heavy atom. The smallest absolute Gasteiger partial charge is 0.229 e. The number of carbonyl (C=O) groups is 1. The molecule has 1 heterocycles. The lowest BCUT2D eigenvalue weighted by molar-refractivity contribution is -0.150. The maximum atomic E-state index is 12.4. The van der Waals surface area contributed by atoms with Crippen molar-refractivity contribution in [1.82, 2.24) is 4.90 Å². The predicted molar refractivity (Wildman–Crippen MR) is 72.6 cm³/mol. The summed E-state index contributed by atoms with van der Waals surface area (Å²) >= 11 is 5.88. The van der Waals surface area contributed by atoms with Gasteiger partial charge in [0.1, 0.15) is 0 Å². The number of fused-ring (bicyclic) bond motifs is 1. The summed E-state index contributed by atoms with van der Waals surface area (Å²) in [6.07, 6.45) is 4.96. The molecule has 1 saturated carbocycles. The van der Waals surface area contributed by atoms with Crippen LogP contribution in [0.3, 0.4) is 0 Å². The van der Waals surface area contributed by atoms with Crippen LogP contribution in [-0.2, 0) is 4.79 Å². The maximum absolute atomic E-state index is 12.4. The highest BCUT2D eigenvalue weighted by Gasteiger charge is 2.45. The minimum atomic E-state index is -0.514. The second kappa shape index (κ2) is 5.01. The van der Waals surface area contributed by atoms with Crippen molar-refractivity contribution in [2.75, 3.05) is 19.0 Å². The maximum Gasteiger partial charge on any atom is 0.229 e. The Balaban J connectivity index is 2.05. The van der Waals surface area contributed by atoms with Gasteiger partial charge in [-0.05, 0) is 33.1 Å². The molecule has 2 rings (SSSR count). The van der Waals surface area contributed by atoms with Gasteiger partial charge in [-0.15, -0.1) is 11.6 Å². The molecule has 2 fully saturated rings. The molecule has 0 aromatic heterocycles. The van der Waals surface area contributed by atoms with Crippen LogP contribution in [-0.4, -0.2) is 40.5 Å². The number of likely N-dealkylation sites (tertiary alicyclic amines) is 1. The second-order valence-electron chi connectivity index (χ2n) is 6.56. The van der Waals surface area contributed by atoms with E-state index in [1.165, 1.54) is 6.42 Å². The van der Waals surface area contributed by atoms with Crippen LogP contribution in [0.1, 0.15) is 46.0 Å². The molecule has 0 spiro atoms. The van der Waals surface area contributed by atoms with Crippen molar-refractivity contribution < 1.29 is 9.90 Å². The topological polar surface area (TPSA) is 40.5 Å². The van der Waals surface area contributed by atoms with Gasteiger partial charge in [0.15, 0.2) is 0 Å². The Kier molecular flexibility index (Phi) is 3.93. The molecule has 1 aliphatic heterocycles. The average molecular weight is 274 g/mol. The molecule has 1 aliphatic carbocycles. The number of hydrogen-bond donors (Lipinski definition) is 1. The van der Waals surface area contributed by atoms with Crippen molar-refractivity contribution in [3.63, 3.8) is 0 Å². The Morgan fingerprint density at radius 3 is 2.83 bits per heavy atom. The summed E-state index contributed by atoms with van der Waals surface area (Å²) in [5.41, 5.74) is -1.01. The molecule has 0 aromatic rings. The van der Waals surface area contributed by atoms with Crippen molar-refractivity contribution in [1.29, 1.82) is 0 Å². The number of rotatable bonds is 2. The number of carbonyl (C=O) groups excluding carboxylic acids is 1. The van der Waals surface area contributed by atoms with Gasteiger partial charge in [0.25, 0.3) is 0 Å². The summed E-state index contributed by atoms with van der Waals surface area (Å²) in [4.78, 5) is 14.3. The van der Waals surface area contributed by atoms with Crippen molar-refractivity contribution in [3.05, 3.63) is 0 Å². The number of aliphatic hydroxyl groups is 1. The average Bonchev–Trinajstić information content (AvgIpc) is 2.36. The lowest BCUT2D eigenvalue weighted by Gasteiger charge is -2.48. The van der Waals surface area contributed by atoms with E-state index < -0.39 is 11.0 Å². The van der Waals surface area contributed by atoms with Crippen LogP contribution >= 0.6 is 11.6 Å². The zero-order valence-electron chi connectivity index (χ0n) is 11.4. The largest absolute Gasteiger partial charge is 0.389 e. The van der Waals surface area contributed by atoms with Crippen molar-refractivity contribution in [2.24, 2.45) is 11.3 Å². The second-order valence-corrected chi connectivity index (χ2v) is 6.83. The number of piperidine rings is 1. The summed E-state index contributed by atoms with van der Waals surface area (Å²) in [7, 11) is 0. The number of hydrogen-bond acceptors (Lipinski definition) is 2. The van der Waals surface area contributed by atoms with Crippen LogP contribution < -0.4 is 0 Å². The lowest BCUT2D eigenvalue weighted by Crippen LogP contribution is -2.56. The Bertz CT molecular complexity index is 332. The van der Waals surface area contributed by atoms with E-state index in [1.807, 2.05) is 18.7 Å². The van der Waals surface area contributed by atoms with Crippen molar-refractivity contribution in [3.8, 4) is 0 Å². The highest BCUT2D eigenvalue weighted by Crippen LogP contribution is 2.40. The minimum absolute atomic E-state index is 0.130. The van der Waals surface area contributed by atoms with E-state index in [1.54, 1.807) is 0 Å². The van der Waals surface area contributed by atoms with Crippen LogP contribution in [0.25, 0.3) is 0 Å². The van der Waals surface area contributed by atoms with Gasteiger partial charge in [0.2, 0.25) is 5.91 Å². The molecule has 3 nitrogen and oxygen atoms in total. The highest BCUT2D eigenvalue weighted by molar-refractivity contribution is 6.19. The first kappa shape index (κ1) is 14.1. The summed E-state index contributed by atoms with van der Waals surface area (Å²) in [5.74, 6) is 0.734. The summed E-state index contributed by atoms with van der Waals surface area (Å²) < 4.78 is 0. The zero-order chi connectivity index (χ0) is 13.4. The van der Waals surface area contributed by atoms with Crippen molar-refractivity contribution in [2.45, 2.75) is 51.6 Å². The van der Waals surface area contributed by atoms with E-state index in [9.17, 15) is 9.90 Å². The lowest BCUT2D eigenvalue weighted by atomic mass is 9.71. The molecule has 1 N–H and O–H groups in total. The van der Waals surface area contributed by atoms with Gasteiger partial charge >= 0.3 is 0 Å². The summed E-state index contributed by atoms with van der Waals surface area (Å²) in [5, 5.41) is 10.6. The van der Waals surface area contributed by atoms with E-state index >= 15 is 0 Å². The van der Waals surface area contributed by atoms with Crippen molar-refractivity contribution >= 4 is 17.5 Å². The first-order valence-electron chi connectivity index (χ1n) is 6.97. The molecule has 2 aliphatic rings. The molecule has 2 atom stereocenters. The molecule has 4 heteroatoms. The van der Waals surface area contributed by atoms with E-state index in [4.69, 9.17) is 11.6 Å². The minimum Gasteiger partial charge on any atom is -0.389 e. The Labute approximate surface area is 114 Å². The molecule has 0 bridgehead atoms. The fourth-order valence-electron chi connectivity index (χ4n) is 3.24. The van der Waals surface area contributed by atoms with Crippen LogP contribution in [0.2, 0.25) is 0 Å². The fraction of sp³-hybridized carbons (Fsp3) is 0.929. The van der Waals surface area contributed by atoms with E-state index in [2.05, 4.69) is 0 Å². The molecule has 0 aromatic carbocycles. The third-order valence-corrected chi connectivity index (χ3v) is 5.30. The number of nitrogens with zero attached hydrogens (tertiary/aromatic N) is 1. The van der Waals surface area contributed by atoms with Gasteiger partial charge in [0, 0.05) is 24.9 Å². The zero-order valence-corrected chi connectivity index (χ0v) is 12.2. The molecular weight excluding hydrogens is 250 g/mol. The third kappa shape index (κ3) is 2.53. The van der Waals surface area contributed by atoms with Gasteiger partial charge in [0.05, 0.1) is 11.0 Å². The molecule has 1 amide bonds. The Hall–Kier alpha value is -0.280. The summed E-state index contributed by atoms with van der Waals surface area (Å²) in [6.45, 7) is 5.16. The molecule has 1 saturated heterocycles. The molecule has 18 heavy (non-hydrogen) atoms. The van der Waals surface area contributed by atoms with E-state index in [-0.39, 0.29) is 11.8 Å². The van der Waals surface area contributed by atoms with E-state index in [0.29, 0.717) is 19.0 Å². The fourth-order valence-corrected chi connectivity index (χ4v) is 3.35. The quantitative estimate of drug-likeness (QED) is 0.785. The SMILES string of the molecule is CC(C)(CCl)C(=O)N1CCC2(O)CCCCC2C1. The monoisotopic (exact) mass is 273 g/mol. The van der Waals surface area contributed by atoms with Gasteiger partial charge in [-0.3, -0.25) is 4.79 Å². The van der Waals surface area contributed by atoms with Crippen LogP contribution in [0.5, 0.6) is 0 Å². The van der Waals surface area contributed by atoms with Crippen LogP contribution in [0.4, 0.5) is 0 Å². The van der Waals surface area contributed by atoms with Gasteiger partial charge in [-0.25, -0.2) is 0 Å². The number of halogens is 1. The summed E-state index contributed by atoms with van der Waals surface area (Å²) in [6, 6.07) is 0. The first-order valence-corrected chi connectivity index (χ1v) is 7.50.